The highest BCUT2D eigenvalue weighted by atomic mass is 16.5. The van der Waals surface area contributed by atoms with Crippen LogP contribution in [0.1, 0.15) is 41.0 Å². The van der Waals surface area contributed by atoms with Crippen LogP contribution in [0.2, 0.25) is 0 Å². The van der Waals surface area contributed by atoms with E-state index in [4.69, 9.17) is 11.2 Å². The number of aliphatic hydroxyl groups is 1. The largest absolute Gasteiger partial charge is 0.389 e. The van der Waals surface area contributed by atoms with Crippen molar-refractivity contribution in [1.82, 2.24) is 14.7 Å². The number of benzene rings is 2. The maximum atomic E-state index is 13.1. The van der Waals surface area contributed by atoms with Crippen LogP contribution in [0.25, 0.3) is 10.8 Å². The molecule has 2 heterocycles. The van der Waals surface area contributed by atoms with Crippen molar-refractivity contribution < 1.29 is 19.4 Å². The lowest BCUT2D eigenvalue weighted by molar-refractivity contribution is -0.0500. The molecule has 2 atom stereocenters. The van der Waals surface area contributed by atoms with E-state index < -0.39 is 11.7 Å². The molecule has 1 saturated heterocycles. The molecule has 0 aliphatic carbocycles. The number of carbonyl (C=O) groups excluding carboxylic acids is 2. The molecule has 0 saturated carbocycles. The SMILES string of the molecule is C#C[C@](C)(CC)OC[C@H](O)CN1CCN(CCN2C(=O)c3cccc4cccc(c34)C2=O)CC1. The van der Waals surface area contributed by atoms with E-state index in [-0.39, 0.29) is 18.4 Å². The lowest BCUT2D eigenvalue weighted by atomic mass is 9.94. The second-order valence-corrected chi connectivity index (χ2v) is 9.31. The van der Waals surface area contributed by atoms with Crippen molar-refractivity contribution in [1.29, 1.82) is 0 Å². The Morgan fingerprint density at radius 1 is 1.03 bits per heavy atom. The third kappa shape index (κ3) is 5.01. The number of hydrogen-bond donors (Lipinski definition) is 1. The number of piperazine rings is 1. The van der Waals surface area contributed by atoms with E-state index in [2.05, 4.69) is 15.7 Å². The molecule has 0 radical (unpaired) electrons. The van der Waals surface area contributed by atoms with Crippen molar-refractivity contribution in [3.8, 4) is 12.3 Å². The molecule has 0 aromatic heterocycles. The summed E-state index contributed by atoms with van der Waals surface area (Å²) < 4.78 is 5.73. The molecule has 0 bridgehead atoms. The Morgan fingerprint density at radius 2 is 1.62 bits per heavy atom. The van der Waals surface area contributed by atoms with E-state index in [0.717, 1.165) is 37.0 Å². The standard InChI is InChI=1S/C27H33N3O4/c1-4-27(3,5-2)34-19-21(31)18-29-14-12-28(13-15-29)16-17-30-25(32)22-10-6-8-20-9-7-11-23(24(20)22)26(30)33/h1,6-11,21,31H,5,12-19H2,2-3H3/t21-,27-/m1/s1. The zero-order chi connectivity index (χ0) is 24.3. The number of amides is 2. The highest BCUT2D eigenvalue weighted by molar-refractivity contribution is 6.25. The third-order valence-electron chi connectivity index (χ3n) is 7.00. The zero-order valence-electron chi connectivity index (χ0n) is 20.0. The summed E-state index contributed by atoms with van der Waals surface area (Å²) in [5.74, 6) is 2.21. The summed E-state index contributed by atoms with van der Waals surface area (Å²) in [6.45, 7) is 8.80. The Balaban J connectivity index is 1.27. The first-order valence-corrected chi connectivity index (χ1v) is 12.0. The molecule has 2 aromatic rings. The van der Waals surface area contributed by atoms with Crippen LogP contribution in [-0.4, -0.2) is 95.7 Å². The minimum atomic E-state index is -0.644. The quantitative estimate of drug-likeness (QED) is 0.454. The monoisotopic (exact) mass is 463 g/mol. The minimum Gasteiger partial charge on any atom is -0.389 e. The fourth-order valence-electron chi connectivity index (χ4n) is 4.60. The van der Waals surface area contributed by atoms with Crippen molar-refractivity contribution >= 4 is 22.6 Å². The number of rotatable bonds is 9. The Morgan fingerprint density at radius 3 is 2.18 bits per heavy atom. The van der Waals surface area contributed by atoms with Gasteiger partial charge >= 0.3 is 0 Å². The van der Waals surface area contributed by atoms with Gasteiger partial charge in [-0.3, -0.25) is 24.3 Å². The summed E-state index contributed by atoms with van der Waals surface area (Å²) in [6, 6.07) is 11.2. The number of nitrogens with zero attached hydrogens (tertiary/aromatic N) is 3. The molecule has 7 heteroatoms. The maximum Gasteiger partial charge on any atom is 0.261 e. The van der Waals surface area contributed by atoms with Gasteiger partial charge in [-0.05, 0) is 30.9 Å². The maximum absolute atomic E-state index is 13.1. The molecule has 1 N–H and O–H groups in total. The molecule has 0 unspecified atom stereocenters. The average Bonchev–Trinajstić information content (AvgIpc) is 2.86. The Labute approximate surface area is 201 Å². The molecule has 180 valence electrons. The van der Waals surface area contributed by atoms with Crippen LogP contribution in [0, 0.1) is 12.3 Å². The van der Waals surface area contributed by atoms with Crippen LogP contribution in [0.3, 0.4) is 0 Å². The lowest BCUT2D eigenvalue weighted by Gasteiger charge is -2.37. The van der Waals surface area contributed by atoms with Gasteiger partial charge in [-0.2, -0.15) is 0 Å². The van der Waals surface area contributed by atoms with E-state index in [1.165, 1.54) is 4.90 Å². The van der Waals surface area contributed by atoms with Gasteiger partial charge in [-0.1, -0.05) is 37.1 Å². The smallest absolute Gasteiger partial charge is 0.261 e. The van der Waals surface area contributed by atoms with E-state index >= 15 is 0 Å². The number of terminal acetylenes is 1. The summed E-state index contributed by atoms with van der Waals surface area (Å²) >= 11 is 0. The van der Waals surface area contributed by atoms with Gasteiger partial charge in [-0.25, -0.2) is 0 Å². The molecule has 2 aliphatic heterocycles. The van der Waals surface area contributed by atoms with Crippen molar-refractivity contribution in [3.63, 3.8) is 0 Å². The number of β-amino-alcohol motifs (C(OH)–C–C–N with tert-alkyl or cyclic N) is 1. The molecule has 2 aromatic carbocycles. The number of ether oxygens (including phenoxy) is 1. The van der Waals surface area contributed by atoms with Gasteiger partial charge in [0, 0.05) is 62.3 Å². The molecule has 7 nitrogen and oxygen atoms in total. The first-order chi connectivity index (χ1) is 16.3. The van der Waals surface area contributed by atoms with Crippen LogP contribution < -0.4 is 0 Å². The first kappa shape index (κ1) is 24.4. The Kier molecular flexibility index (Phi) is 7.34. The minimum absolute atomic E-state index is 0.210. The summed E-state index contributed by atoms with van der Waals surface area (Å²) in [7, 11) is 0. The second kappa shape index (κ2) is 10.2. The topological polar surface area (TPSA) is 73.3 Å². The zero-order valence-corrected chi connectivity index (χ0v) is 20.0. The van der Waals surface area contributed by atoms with Crippen molar-refractivity contribution in [2.45, 2.75) is 32.0 Å². The van der Waals surface area contributed by atoms with E-state index in [1.54, 1.807) is 12.1 Å². The van der Waals surface area contributed by atoms with Crippen LogP contribution in [0.5, 0.6) is 0 Å². The molecule has 2 aliphatic rings. The van der Waals surface area contributed by atoms with Gasteiger partial charge in [0.15, 0.2) is 0 Å². The highest BCUT2D eigenvalue weighted by Gasteiger charge is 2.33. The molecule has 34 heavy (non-hydrogen) atoms. The molecular formula is C27H33N3O4. The summed E-state index contributed by atoms with van der Waals surface area (Å²) in [4.78, 5) is 32.0. The van der Waals surface area contributed by atoms with Crippen molar-refractivity contribution in [3.05, 3.63) is 47.5 Å². The van der Waals surface area contributed by atoms with Crippen LogP contribution in [0.15, 0.2) is 36.4 Å². The van der Waals surface area contributed by atoms with Crippen LogP contribution in [0.4, 0.5) is 0 Å². The molecule has 1 fully saturated rings. The van der Waals surface area contributed by atoms with Gasteiger partial charge in [0.1, 0.15) is 5.60 Å². The average molecular weight is 464 g/mol. The van der Waals surface area contributed by atoms with Gasteiger partial charge in [0.05, 0.1) is 12.7 Å². The second-order valence-electron chi connectivity index (χ2n) is 9.31. The number of imide groups is 1. The van der Waals surface area contributed by atoms with Crippen molar-refractivity contribution in [2.24, 2.45) is 0 Å². The predicted octanol–water partition coefficient (Wildman–Crippen LogP) is 2.23. The summed E-state index contributed by atoms with van der Waals surface area (Å²) in [5, 5.41) is 12.0. The van der Waals surface area contributed by atoms with Gasteiger partial charge in [0.25, 0.3) is 11.8 Å². The molecule has 2 amide bonds. The fourth-order valence-corrected chi connectivity index (χ4v) is 4.60. The molecule has 4 rings (SSSR count). The Hall–Kier alpha value is -2.76. The summed E-state index contributed by atoms with van der Waals surface area (Å²) in [5.41, 5.74) is 0.546. The number of carbonyl (C=O) groups is 2. The van der Waals surface area contributed by atoms with E-state index in [1.807, 2.05) is 38.1 Å². The highest BCUT2D eigenvalue weighted by Crippen LogP contribution is 2.29. The van der Waals surface area contributed by atoms with Crippen LogP contribution >= 0.6 is 0 Å². The van der Waals surface area contributed by atoms with Gasteiger partial charge in [-0.15, -0.1) is 6.42 Å². The van der Waals surface area contributed by atoms with E-state index in [0.29, 0.717) is 37.2 Å². The molecule has 0 spiro atoms. The molecular weight excluding hydrogens is 430 g/mol. The van der Waals surface area contributed by atoms with Gasteiger partial charge < -0.3 is 9.84 Å². The summed E-state index contributed by atoms with van der Waals surface area (Å²) in [6.07, 6.45) is 5.62. The van der Waals surface area contributed by atoms with Crippen molar-refractivity contribution in [2.75, 3.05) is 52.4 Å². The van der Waals surface area contributed by atoms with Crippen LogP contribution in [-0.2, 0) is 4.74 Å². The number of aliphatic hydroxyl groups excluding tert-OH is 1. The lowest BCUT2D eigenvalue weighted by Crippen LogP contribution is -2.52. The normalized spacial score (nSPS) is 19.8. The number of hydrogen-bond acceptors (Lipinski definition) is 6. The van der Waals surface area contributed by atoms with E-state index in [9.17, 15) is 14.7 Å². The first-order valence-electron chi connectivity index (χ1n) is 12.0. The fraction of sp³-hybridized carbons (Fsp3) is 0.481. The Bertz CT molecular complexity index is 1050. The van der Waals surface area contributed by atoms with Gasteiger partial charge in [0.2, 0.25) is 0 Å². The predicted molar refractivity (Wildman–Crippen MR) is 132 cm³/mol. The third-order valence-corrected chi connectivity index (χ3v) is 7.00.